The molecule has 3 nitrogen and oxygen atoms in total. The van der Waals surface area contributed by atoms with Crippen LogP contribution in [0.25, 0.3) is 10.4 Å². The van der Waals surface area contributed by atoms with Gasteiger partial charge in [-0.25, -0.2) is 0 Å². The summed E-state index contributed by atoms with van der Waals surface area (Å²) in [5, 5.41) is 14.2. The number of hydrogen-bond donors (Lipinski definition) is 2. The van der Waals surface area contributed by atoms with Gasteiger partial charge in [-0.05, 0) is 53.3 Å². The van der Waals surface area contributed by atoms with Crippen molar-refractivity contribution in [3.8, 4) is 16.2 Å². The van der Waals surface area contributed by atoms with Crippen LogP contribution in [0.15, 0.2) is 66.0 Å². The van der Waals surface area contributed by atoms with Gasteiger partial charge in [0.25, 0.3) is 5.91 Å². The van der Waals surface area contributed by atoms with Crippen LogP contribution in [0.5, 0.6) is 5.75 Å². The summed E-state index contributed by atoms with van der Waals surface area (Å²) >= 11 is 1.66. The number of nitrogens with one attached hydrogen (secondary N) is 1. The fourth-order valence-electron chi connectivity index (χ4n) is 2.34. The van der Waals surface area contributed by atoms with Crippen molar-refractivity contribution in [3.05, 3.63) is 77.2 Å². The number of hydrogen-bond acceptors (Lipinski definition) is 3. The number of thiophene rings is 1. The largest absolute Gasteiger partial charge is 0.508 e. The first kappa shape index (κ1) is 15.3. The van der Waals surface area contributed by atoms with Gasteiger partial charge in [-0.1, -0.05) is 30.3 Å². The van der Waals surface area contributed by atoms with Crippen molar-refractivity contribution in [2.75, 3.05) is 6.54 Å². The van der Waals surface area contributed by atoms with Crippen LogP contribution in [0.4, 0.5) is 0 Å². The molecule has 4 heteroatoms. The number of phenols is 1. The number of aromatic hydroxyl groups is 1. The molecule has 1 aromatic heterocycles. The molecule has 23 heavy (non-hydrogen) atoms. The van der Waals surface area contributed by atoms with Crippen molar-refractivity contribution in [1.82, 2.24) is 5.32 Å². The van der Waals surface area contributed by atoms with Gasteiger partial charge in [-0.3, -0.25) is 4.79 Å². The van der Waals surface area contributed by atoms with Crippen molar-refractivity contribution in [2.45, 2.75) is 6.42 Å². The van der Waals surface area contributed by atoms with E-state index in [2.05, 4.69) is 5.32 Å². The number of benzene rings is 2. The fraction of sp³-hybridized carbons (Fsp3) is 0.105. The molecule has 0 aliphatic rings. The molecule has 116 valence electrons. The summed E-state index contributed by atoms with van der Waals surface area (Å²) in [4.78, 5) is 13.4. The van der Waals surface area contributed by atoms with E-state index in [0.29, 0.717) is 12.1 Å². The number of carbonyl (C=O) groups excluding carboxylic acids is 1. The molecule has 0 aliphatic carbocycles. The Labute approximate surface area is 139 Å². The van der Waals surface area contributed by atoms with Crippen LogP contribution >= 0.6 is 11.3 Å². The van der Waals surface area contributed by atoms with Crippen molar-refractivity contribution in [3.63, 3.8) is 0 Å². The molecule has 0 bridgehead atoms. The van der Waals surface area contributed by atoms with Crippen LogP contribution in [0.1, 0.15) is 15.9 Å². The molecule has 1 heterocycles. The van der Waals surface area contributed by atoms with Gasteiger partial charge in [-0.2, -0.15) is 0 Å². The highest BCUT2D eigenvalue weighted by atomic mass is 32.1. The zero-order chi connectivity index (χ0) is 16.1. The monoisotopic (exact) mass is 323 g/mol. The third-order valence-corrected chi connectivity index (χ3v) is 4.48. The molecule has 3 aromatic rings. The lowest BCUT2D eigenvalue weighted by Gasteiger charge is -2.07. The molecule has 3 rings (SSSR count). The first-order chi connectivity index (χ1) is 11.2. The highest BCUT2D eigenvalue weighted by Gasteiger charge is 2.07. The normalized spacial score (nSPS) is 10.4. The first-order valence-electron chi connectivity index (χ1n) is 7.42. The summed E-state index contributed by atoms with van der Waals surface area (Å²) < 4.78 is 0. The van der Waals surface area contributed by atoms with Gasteiger partial charge < -0.3 is 10.4 Å². The van der Waals surface area contributed by atoms with Crippen LogP contribution in [0.3, 0.4) is 0 Å². The minimum atomic E-state index is -0.0674. The molecule has 2 N–H and O–H groups in total. The Bertz CT molecular complexity index is 779. The van der Waals surface area contributed by atoms with Crippen LogP contribution in [0.2, 0.25) is 0 Å². The summed E-state index contributed by atoms with van der Waals surface area (Å²) in [5.41, 5.74) is 2.81. The third-order valence-electron chi connectivity index (χ3n) is 3.57. The summed E-state index contributed by atoms with van der Waals surface area (Å²) in [6.45, 7) is 0.562. The maximum Gasteiger partial charge on any atom is 0.251 e. The van der Waals surface area contributed by atoms with E-state index in [1.807, 2.05) is 53.9 Å². The average molecular weight is 323 g/mol. The Morgan fingerprint density at radius 1 is 1.04 bits per heavy atom. The number of phenolic OH excluding ortho intramolecular Hbond substituents is 1. The van der Waals surface area contributed by atoms with Crippen LogP contribution < -0.4 is 5.32 Å². The van der Waals surface area contributed by atoms with E-state index in [1.165, 1.54) is 0 Å². The van der Waals surface area contributed by atoms with E-state index in [9.17, 15) is 9.90 Å². The van der Waals surface area contributed by atoms with Crippen molar-refractivity contribution in [2.24, 2.45) is 0 Å². The lowest BCUT2D eigenvalue weighted by atomic mass is 10.1. The van der Waals surface area contributed by atoms with E-state index in [1.54, 1.807) is 23.5 Å². The van der Waals surface area contributed by atoms with E-state index < -0.39 is 0 Å². The predicted octanol–water partition coefficient (Wildman–Crippen LogP) is 4.09. The lowest BCUT2D eigenvalue weighted by molar-refractivity contribution is 0.0954. The second-order valence-electron chi connectivity index (χ2n) is 5.23. The summed E-state index contributed by atoms with van der Waals surface area (Å²) in [6, 6.07) is 18.7. The second kappa shape index (κ2) is 7.11. The van der Waals surface area contributed by atoms with Crippen LogP contribution in [-0.2, 0) is 6.42 Å². The molecular formula is C19H17NO2S. The smallest absolute Gasteiger partial charge is 0.251 e. The van der Waals surface area contributed by atoms with Gasteiger partial charge in [0.15, 0.2) is 0 Å². The van der Waals surface area contributed by atoms with Crippen molar-refractivity contribution in [1.29, 1.82) is 0 Å². The lowest BCUT2D eigenvalue weighted by Crippen LogP contribution is -2.25. The number of rotatable bonds is 5. The Morgan fingerprint density at radius 3 is 2.61 bits per heavy atom. The standard InChI is InChI=1S/C19H17NO2S/c21-17-8-6-14(7-9-17)10-11-20-19(22)16-4-1-3-15(13-16)18-5-2-12-23-18/h1-9,12-13,21H,10-11H2,(H,20,22). The first-order valence-corrected chi connectivity index (χ1v) is 8.30. The van der Waals surface area contributed by atoms with Crippen LogP contribution in [0, 0.1) is 0 Å². The molecule has 0 saturated carbocycles. The molecule has 2 aromatic carbocycles. The minimum Gasteiger partial charge on any atom is -0.508 e. The molecule has 0 radical (unpaired) electrons. The Morgan fingerprint density at radius 2 is 1.87 bits per heavy atom. The fourth-order valence-corrected chi connectivity index (χ4v) is 3.07. The van der Waals surface area contributed by atoms with E-state index in [-0.39, 0.29) is 11.7 Å². The molecular weight excluding hydrogens is 306 g/mol. The van der Waals surface area contributed by atoms with Crippen molar-refractivity contribution >= 4 is 17.2 Å². The quantitative estimate of drug-likeness (QED) is 0.743. The van der Waals surface area contributed by atoms with E-state index in [4.69, 9.17) is 0 Å². The molecule has 0 atom stereocenters. The Balaban J connectivity index is 1.60. The molecule has 0 spiro atoms. The molecule has 0 fully saturated rings. The highest BCUT2D eigenvalue weighted by Crippen LogP contribution is 2.25. The SMILES string of the molecule is O=C(NCCc1ccc(O)cc1)c1cccc(-c2cccs2)c1. The zero-order valence-electron chi connectivity index (χ0n) is 12.5. The molecule has 0 saturated heterocycles. The van der Waals surface area contributed by atoms with Crippen LogP contribution in [-0.4, -0.2) is 17.6 Å². The van der Waals surface area contributed by atoms with Gasteiger partial charge in [0.2, 0.25) is 0 Å². The van der Waals surface area contributed by atoms with E-state index >= 15 is 0 Å². The van der Waals surface area contributed by atoms with Gasteiger partial charge in [0.05, 0.1) is 0 Å². The molecule has 0 aliphatic heterocycles. The zero-order valence-corrected chi connectivity index (χ0v) is 13.3. The Kier molecular flexibility index (Phi) is 4.74. The highest BCUT2D eigenvalue weighted by molar-refractivity contribution is 7.13. The maximum absolute atomic E-state index is 12.3. The van der Waals surface area contributed by atoms with Gasteiger partial charge >= 0.3 is 0 Å². The van der Waals surface area contributed by atoms with Crippen molar-refractivity contribution < 1.29 is 9.90 Å². The summed E-state index contributed by atoms with van der Waals surface area (Å²) in [7, 11) is 0. The summed E-state index contributed by atoms with van der Waals surface area (Å²) in [5.74, 6) is 0.186. The van der Waals surface area contributed by atoms with Gasteiger partial charge in [0.1, 0.15) is 5.75 Å². The van der Waals surface area contributed by atoms with Gasteiger partial charge in [-0.15, -0.1) is 11.3 Å². The molecule has 1 amide bonds. The number of carbonyl (C=O) groups is 1. The average Bonchev–Trinajstić information content (AvgIpc) is 3.11. The Hall–Kier alpha value is -2.59. The summed E-state index contributed by atoms with van der Waals surface area (Å²) in [6.07, 6.45) is 0.733. The predicted molar refractivity (Wildman–Crippen MR) is 93.9 cm³/mol. The third kappa shape index (κ3) is 3.99. The molecule has 0 unspecified atom stereocenters. The van der Waals surface area contributed by atoms with Gasteiger partial charge in [0, 0.05) is 17.0 Å². The minimum absolute atomic E-state index is 0.0674. The second-order valence-corrected chi connectivity index (χ2v) is 6.18. The van der Waals surface area contributed by atoms with E-state index in [0.717, 1.165) is 22.4 Å². The number of amides is 1. The maximum atomic E-state index is 12.3. The topological polar surface area (TPSA) is 49.3 Å².